The molecule has 0 aliphatic rings. The molecule has 1 aromatic carbocycles. The molecule has 1 rings (SSSR count). The molecule has 0 aromatic heterocycles. The zero-order valence-corrected chi connectivity index (χ0v) is 8.32. The van der Waals surface area contributed by atoms with Gasteiger partial charge in [-0.05, 0) is 6.07 Å². The van der Waals surface area contributed by atoms with Gasteiger partial charge >= 0.3 is 12.6 Å². The highest BCUT2D eigenvalue weighted by atomic mass is 19.3. The van der Waals surface area contributed by atoms with Gasteiger partial charge in [-0.3, -0.25) is 9.59 Å². The van der Waals surface area contributed by atoms with Crippen LogP contribution in [0.2, 0.25) is 0 Å². The summed E-state index contributed by atoms with van der Waals surface area (Å²) >= 11 is 0. The van der Waals surface area contributed by atoms with Gasteiger partial charge < -0.3 is 9.84 Å². The van der Waals surface area contributed by atoms with Crippen LogP contribution in [0.5, 0.6) is 5.75 Å². The van der Waals surface area contributed by atoms with E-state index in [2.05, 4.69) is 4.74 Å². The van der Waals surface area contributed by atoms with E-state index in [0.717, 1.165) is 12.1 Å². The van der Waals surface area contributed by atoms with Gasteiger partial charge in [-0.15, -0.1) is 0 Å². The van der Waals surface area contributed by atoms with Crippen LogP contribution >= 0.6 is 0 Å². The van der Waals surface area contributed by atoms with Gasteiger partial charge in [-0.25, -0.2) is 4.39 Å². The average molecular weight is 248 g/mol. The van der Waals surface area contributed by atoms with Crippen LogP contribution in [-0.2, 0) is 11.2 Å². The van der Waals surface area contributed by atoms with Crippen molar-refractivity contribution in [3.63, 3.8) is 0 Å². The lowest BCUT2D eigenvalue weighted by molar-refractivity contribution is -0.136. The number of carbonyl (C=O) groups excluding carboxylic acids is 1. The number of carbonyl (C=O) groups is 2. The number of carboxylic acids is 1. The van der Waals surface area contributed by atoms with E-state index in [1.165, 1.54) is 0 Å². The third kappa shape index (κ3) is 3.20. The molecule has 17 heavy (non-hydrogen) atoms. The topological polar surface area (TPSA) is 63.6 Å². The first-order valence-electron chi connectivity index (χ1n) is 4.39. The Hall–Kier alpha value is -2.05. The van der Waals surface area contributed by atoms with Gasteiger partial charge in [0.05, 0.1) is 12.0 Å². The Kier molecular flexibility index (Phi) is 4.08. The van der Waals surface area contributed by atoms with Crippen LogP contribution < -0.4 is 4.74 Å². The summed E-state index contributed by atoms with van der Waals surface area (Å²) in [6, 6.07) is 2.05. The molecule has 0 spiro atoms. The van der Waals surface area contributed by atoms with Gasteiger partial charge in [0.2, 0.25) is 0 Å². The maximum absolute atomic E-state index is 13.5. The van der Waals surface area contributed by atoms with Crippen LogP contribution in [0.25, 0.3) is 0 Å². The Morgan fingerprint density at radius 1 is 1.47 bits per heavy atom. The van der Waals surface area contributed by atoms with Crippen LogP contribution in [0.1, 0.15) is 15.9 Å². The Labute approximate surface area is 93.6 Å². The number of hydrogen-bond donors (Lipinski definition) is 1. The number of carboxylic acid groups (broad SMARTS) is 1. The quantitative estimate of drug-likeness (QED) is 0.808. The fraction of sp³-hybridized carbons (Fsp3) is 0.200. The highest BCUT2D eigenvalue weighted by molar-refractivity contribution is 5.78. The Balaban J connectivity index is 3.24. The molecule has 0 saturated heterocycles. The minimum atomic E-state index is -3.31. The number of alkyl halides is 2. The summed E-state index contributed by atoms with van der Waals surface area (Å²) in [5, 5.41) is 8.51. The molecule has 7 heteroatoms. The molecule has 0 fully saturated rings. The Bertz CT molecular complexity index is 445. The number of aliphatic carboxylic acids is 1. The maximum atomic E-state index is 13.5. The van der Waals surface area contributed by atoms with Crippen LogP contribution in [0.4, 0.5) is 13.2 Å². The third-order valence-corrected chi connectivity index (χ3v) is 1.88. The summed E-state index contributed by atoms with van der Waals surface area (Å²) in [6.45, 7) is -3.31. The van der Waals surface area contributed by atoms with Crippen LogP contribution in [0, 0.1) is 5.82 Å². The van der Waals surface area contributed by atoms with E-state index in [0.29, 0.717) is 0 Å². The summed E-state index contributed by atoms with van der Waals surface area (Å²) < 4.78 is 41.4. The van der Waals surface area contributed by atoms with Crippen molar-refractivity contribution in [2.24, 2.45) is 0 Å². The second-order valence-electron chi connectivity index (χ2n) is 3.02. The van der Waals surface area contributed by atoms with E-state index in [1.807, 2.05) is 0 Å². The zero-order chi connectivity index (χ0) is 13.0. The van der Waals surface area contributed by atoms with Gasteiger partial charge in [-0.1, -0.05) is 6.07 Å². The molecular formula is C10H7F3O4. The number of aldehydes is 1. The SMILES string of the molecule is O=Cc1ccc(CC(=O)O)c(OC(F)F)c1F. The summed E-state index contributed by atoms with van der Waals surface area (Å²) in [4.78, 5) is 20.8. The standard InChI is InChI=1S/C10H7F3O4/c11-8-6(4-14)2-1-5(3-7(15)16)9(8)17-10(12)13/h1-2,4,10H,3H2,(H,15,16). The highest BCUT2D eigenvalue weighted by Gasteiger charge is 2.19. The zero-order valence-electron chi connectivity index (χ0n) is 8.32. The fourth-order valence-electron chi connectivity index (χ4n) is 1.22. The van der Waals surface area contributed by atoms with Crippen LogP contribution in [-0.4, -0.2) is 24.0 Å². The van der Waals surface area contributed by atoms with Crippen molar-refractivity contribution in [1.29, 1.82) is 0 Å². The largest absolute Gasteiger partial charge is 0.481 e. The van der Waals surface area contributed by atoms with E-state index in [4.69, 9.17) is 5.11 Å². The summed E-state index contributed by atoms with van der Waals surface area (Å²) in [6.07, 6.45) is -0.559. The summed E-state index contributed by atoms with van der Waals surface area (Å²) in [5.41, 5.74) is -0.740. The molecule has 0 amide bonds. The van der Waals surface area contributed by atoms with Gasteiger partial charge in [-0.2, -0.15) is 8.78 Å². The second kappa shape index (κ2) is 5.33. The number of benzene rings is 1. The van der Waals surface area contributed by atoms with Crippen LogP contribution in [0.15, 0.2) is 12.1 Å². The summed E-state index contributed by atoms with van der Waals surface area (Å²) in [7, 11) is 0. The van der Waals surface area contributed by atoms with Gasteiger partial charge in [0.25, 0.3) is 0 Å². The summed E-state index contributed by atoms with van der Waals surface area (Å²) in [5.74, 6) is -3.53. The van der Waals surface area contributed by atoms with Gasteiger partial charge in [0.15, 0.2) is 17.9 Å². The van der Waals surface area contributed by atoms with Crippen molar-refractivity contribution < 1.29 is 32.6 Å². The molecule has 92 valence electrons. The molecule has 0 radical (unpaired) electrons. The first-order chi connectivity index (χ1) is 7.95. The Morgan fingerprint density at radius 3 is 2.59 bits per heavy atom. The Morgan fingerprint density at radius 2 is 2.12 bits per heavy atom. The maximum Gasteiger partial charge on any atom is 0.387 e. The van der Waals surface area contributed by atoms with Crippen molar-refractivity contribution >= 4 is 12.3 Å². The first kappa shape index (κ1) is 13.0. The molecule has 4 nitrogen and oxygen atoms in total. The normalized spacial score (nSPS) is 10.4. The smallest absolute Gasteiger partial charge is 0.387 e. The molecule has 1 aromatic rings. The van der Waals surface area contributed by atoms with Crippen molar-refractivity contribution in [3.05, 3.63) is 29.1 Å². The molecule has 0 unspecified atom stereocenters. The number of rotatable bonds is 5. The van der Waals surface area contributed by atoms with Crippen molar-refractivity contribution in [1.82, 2.24) is 0 Å². The molecule has 0 bridgehead atoms. The lowest BCUT2D eigenvalue weighted by Gasteiger charge is -2.11. The van der Waals surface area contributed by atoms with Crippen LogP contribution in [0.3, 0.4) is 0 Å². The minimum absolute atomic E-state index is 0.123. The van der Waals surface area contributed by atoms with E-state index in [1.54, 1.807) is 0 Å². The molecule has 0 aliphatic heterocycles. The average Bonchev–Trinajstić information content (AvgIpc) is 2.22. The number of ether oxygens (including phenoxy) is 1. The van der Waals surface area contributed by atoms with Crippen molar-refractivity contribution in [2.75, 3.05) is 0 Å². The van der Waals surface area contributed by atoms with E-state index in [9.17, 15) is 22.8 Å². The van der Waals surface area contributed by atoms with E-state index >= 15 is 0 Å². The molecule has 0 atom stereocenters. The monoisotopic (exact) mass is 248 g/mol. The molecule has 0 saturated carbocycles. The molecule has 1 N–H and O–H groups in total. The number of hydrogen-bond acceptors (Lipinski definition) is 3. The predicted molar refractivity (Wildman–Crippen MR) is 49.8 cm³/mol. The molecule has 0 aliphatic carbocycles. The minimum Gasteiger partial charge on any atom is -0.481 e. The second-order valence-corrected chi connectivity index (χ2v) is 3.02. The molecular weight excluding hydrogens is 241 g/mol. The lowest BCUT2D eigenvalue weighted by Crippen LogP contribution is -2.10. The highest BCUT2D eigenvalue weighted by Crippen LogP contribution is 2.27. The first-order valence-corrected chi connectivity index (χ1v) is 4.39. The van der Waals surface area contributed by atoms with Gasteiger partial charge in [0, 0.05) is 5.56 Å². The van der Waals surface area contributed by atoms with E-state index in [-0.39, 0.29) is 11.8 Å². The fourth-order valence-corrected chi connectivity index (χ4v) is 1.22. The van der Waals surface area contributed by atoms with Crippen molar-refractivity contribution in [3.8, 4) is 5.75 Å². The van der Waals surface area contributed by atoms with Gasteiger partial charge in [0.1, 0.15) is 0 Å². The number of halogens is 3. The molecule has 0 heterocycles. The van der Waals surface area contributed by atoms with E-state index < -0.39 is 36.1 Å². The van der Waals surface area contributed by atoms with Crippen molar-refractivity contribution in [2.45, 2.75) is 13.0 Å². The predicted octanol–water partition coefficient (Wildman–Crippen LogP) is 1.87. The lowest BCUT2D eigenvalue weighted by atomic mass is 10.1. The third-order valence-electron chi connectivity index (χ3n) is 1.88.